The predicted octanol–water partition coefficient (Wildman–Crippen LogP) is -0.0145. The molecule has 1 aliphatic heterocycles. The van der Waals surface area contributed by atoms with Crippen molar-refractivity contribution in [3.8, 4) is 0 Å². The molecule has 0 spiro atoms. The minimum Gasteiger partial charge on any atom is -0.335 e. The van der Waals surface area contributed by atoms with E-state index < -0.39 is 6.04 Å². The number of hydrogen-bond acceptors (Lipinski definition) is 3. The van der Waals surface area contributed by atoms with Crippen LogP contribution in [0.15, 0.2) is 0 Å². The molecular formula is C11H17N3O3. The smallest absolute Gasteiger partial charge is 0.315 e. The topological polar surface area (TPSA) is 78.5 Å². The molecule has 0 aromatic carbocycles. The first kappa shape index (κ1) is 11.9. The van der Waals surface area contributed by atoms with Gasteiger partial charge in [0.05, 0.1) is 6.42 Å². The zero-order valence-corrected chi connectivity index (χ0v) is 9.86. The molecule has 2 fully saturated rings. The Bertz CT molecular complexity index is 350. The number of imide groups is 1. The fourth-order valence-corrected chi connectivity index (χ4v) is 2.32. The number of likely N-dealkylation sites (N-methyl/N-ethyl adjacent to an activating group) is 1. The van der Waals surface area contributed by atoms with Crippen LogP contribution in [0.5, 0.6) is 0 Å². The van der Waals surface area contributed by atoms with Crippen molar-refractivity contribution in [2.45, 2.75) is 44.2 Å². The molecule has 1 aliphatic carbocycles. The fraction of sp³-hybridized carbons (Fsp3) is 0.727. The SMILES string of the molecule is CN1C(=O)CC(NC(=O)NC2CCCC2)C1=O. The lowest BCUT2D eigenvalue weighted by Crippen LogP contribution is -2.48. The van der Waals surface area contributed by atoms with E-state index in [-0.39, 0.29) is 30.3 Å². The van der Waals surface area contributed by atoms with Crippen molar-refractivity contribution in [1.82, 2.24) is 15.5 Å². The minimum absolute atomic E-state index is 0.0629. The number of carbonyl (C=O) groups is 3. The molecule has 0 bridgehead atoms. The summed E-state index contributed by atoms with van der Waals surface area (Å²) in [7, 11) is 1.43. The van der Waals surface area contributed by atoms with Gasteiger partial charge in [-0.3, -0.25) is 14.5 Å². The highest BCUT2D eigenvalue weighted by Gasteiger charge is 2.37. The Morgan fingerprint density at radius 3 is 2.41 bits per heavy atom. The average molecular weight is 239 g/mol. The first-order valence-electron chi connectivity index (χ1n) is 5.95. The highest BCUT2D eigenvalue weighted by molar-refractivity contribution is 6.06. The summed E-state index contributed by atoms with van der Waals surface area (Å²) in [5, 5.41) is 5.38. The van der Waals surface area contributed by atoms with Crippen LogP contribution in [0.25, 0.3) is 0 Å². The second-order valence-electron chi connectivity index (χ2n) is 4.65. The van der Waals surface area contributed by atoms with Crippen LogP contribution in [0.3, 0.4) is 0 Å². The van der Waals surface area contributed by atoms with Crippen LogP contribution in [0.2, 0.25) is 0 Å². The van der Waals surface area contributed by atoms with Crippen LogP contribution in [0.1, 0.15) is 32.1 Å². The third-order valence-electron chi connectivity index (χ3n) is 3.38. The molecule has 6 nitrogen and oxygen atoms in total. The molecule has 0 aromatic heterocycles. The summed E-state index contributed by atoms with van der Waals surface area (Å²) in [6, 6.07) is -0.841. The first-order valence-corrected chi connectivity index (χ1v) is 5.95. The van der Waals surface area contributed by atoms with Crippen molar-refractivity contribution in [3.05, 3.63) is 0 Å². The summed E-state index contributed by atoms with van der Waals surface area (Å²) < 4.78 is 0. The van der Waals surface area contributed by atoms with Gasteiger partial charge in [0.15, 0.2) is 0 Å². The van der Waals surface area contributed by atoms with Crippen molar-refractivity contribution < 1.29 is 14.4 Å². The Morgan fingerprint density at radius 2 is 1.88 bits per heavy atom. The lowest BCUT2D eigenvalue weighted by atomic mass is 10.2. The summed E-state index contributed by atoms with van der Waals surface area (Å²) in [5.74, 6) is -0.585. The van der Waals surface area contributed by atoms with Crippen LogP contribution in [0.4, 0.5) is 4.79 Å². The second kappa shape index (κ2) is 4.73. The van der Waals surface area contributed by atoms with Gasteiger partial charge in [-0.2, -0.15) is 0 Å². The molecule has 4 amide bonds. The lowest BCUT2D eigenvalue weighted by Gasteiger charge is -2.15. The van der Waals surface area contributed by atoms with Crippen LogP contribution in [0, 0.1) is 0 Å². The van der Waals surface area contributed by atoms with Crippen molar-refractivity contribution in [3.63, 3.8) is 0 Å². The number of likely N-dealkylation sites (tertiary alicyclic amines) is 1. The van der Waals surface area contributed by atoms with E-state index in [0.29, 0.717) is 0 Å². The van der Waals surface area contributed by atoms with Crippen molar-refractivity contribution >= 4 is 17.8 Å². The van der Waals surface area contributed by atoms with E-state index in [1.54, 1.807) is 0 Å². The Labute approximate surface area is 99.7 Å². The largest absolute Gasteiger partial charge is 0.335 e. The van der Waals surface area contributed by atoms with Gasteiger partial charge in [-0.1, -0.05) is 12.8 Å². The molecule has 1 heterocycles. The Morgan fingerprint density at radius 1 is 1.24 bits per heavy atom. The molecule has 1 saturated heterocycles. The number of nitrogens with one attached hydrogen (secondary N) is 2. The fourth-order valence-electron chi connectivity index (χ4n) is 2.32. The molecule has 1 saturated carbocycles. The van der Waals surface area contributed by atoms with E-state index in [1.165, 1.54) is 7.05 Å². The van der Waals surface area contributed by atoms with E-state index in [9.17, 15) is 14.4 Å². The summed E-state index contributed by atoms with van der Waals surface area (Å²) in [6.45, 7) is 0. The van der Waals surface area contributed by atoms with Crippen LogP contribution in [-0.2, 0) is 9.59 Å². The Kier molecular flexibility index (Phi) is 3.31. The number of nitrogens with zero attached hydrogens (tertiary/aromatic N) is 1. The zero-order valence-electron chi connectivity index (χ0n) is 9.86. The van der Waals surface area contributed by atoms with Crippen molar-refractivity contribution in [2.24, 2.45) is 0 Å². The van der Waals surface area contributed by atoms with Gasteiger partial charge < -0.3 is 10.6 Å². The summed E-state index contributed by atoms with van der Waals surface area (Å²) >= 11 is 0. The second-order valence-corrected chi connectivity index (χ2v) is 4.65. The van der Waals surface area contributed by atoms with Gasteiger partial charge in [0.25, 0.3) is 5.91 Å². The molecule has 94 valence electrons. The van der Waals surface area contributed by atoms with E-state index >= 15 is 0 Å². The number of urea groups is 1. The highest BCUT2D eigenvalue weighted by atomic mass is 16.2. The summed E-state index contributed by atoms with van der Waals surface area (Å²) in [6.07, 6.45) is 4.31. The number of carbonyl (C=O) groups excluding carboxylic acids is 3. The standard InChI is InChI=1S/C11H17N3O3/c1-14-9(15)6-8(10(14)16)13-11(17)12-7-4-2-3-5-7/h7-8H,2-6H2,1H3,(H2,12,13,17). The van der Waals surface area contributed by atoms with Gasteiger partial charge in [-0.05, 0) is 12.8 Å². The van der Waals surface area contributed by atoms with Gasteiger partial charge in [0.1, 0.15) is 6.04 Å². The van der Waals surface area contributed by atoms with E-state index in [0.717, 1.165) is 30.6 Å². The third kappa shape index (κ3) is 2.57. The van der Waals surface area contributed by atoms with Crippen molar-refractivity contribution in [1.29, 1.82) is 0 Å². The first-order chi connectivity index (χ1) is 8.08. The van der Waals surface area contributed by atoms with Crippen LogP contribution < -0.4 is 10.6 Å². The highest BCUT2D eigenvalue weighted by Crippen LogP contribution is 2.17. The maximum Gasteiger partial charge on any atom is 0.315 e. The van der Waals surface area contributed by atoms with Gasteiger partial charge in [0.2, 0.25) is 5.91 Å². The maximum absolute atomic E-state index is 11.6. The van der Waals surface area contributed by atoms with Crippen LogP contribution in [-0.4, -0.2) is 41.9 Å². The molecular weight excluding hydrogens is 222 g/mol. The molecule has 1 unspecified atom stereocenters. The number of amides is 4. The summed E-state index contributed by atoms with van der Waals surface area (Å²) in [5.41, 5.74) is 0. The third-order valence-corrected chi connectivity index (χ3v) is 3.38. The molecule has 6 heteroatoms. The minimum atomic E-state index is -0.700. The van der Waals surface area contributed by atoms with E-state index in [2.05, 4.69) is 10.6 Å². The molecule has 2 aliphatic rings. The quantitative estimate of drug-likeness (QED) is 0.665. The normalized spacial score (nSPS) is 25.5. The van der Waals surface area contributed by atoms with E-state index in [4.69, 9.17) is 0 Å². The van der Waals surface area contributed by atoms with Gasteiger partial charge in [0, 0.05) is 13.1 Å². The van der Waals surface area contributed by atoms with Gasteiger partial charge >= 0.3 is 6.03 Å². The van der Waals surface area contributed by atoms with Crippen LogP contribution >= 0.6 is 0 Å². The zero-order chi connectivity index (χ0) is 12.4. The van der Waals surface area contributed by atoms with Crippen molar-refractivity contribution in [2.75, 3.05) is 7.05 Å². The maximum atomic E-state index is 11.6. The molecule has 0 aromatic rings. The molecule has 17 heavy (non-hydrogen) atoms. The number of rotatable bonds is 2. The van der Waals surface area contributed by atoms with Gasteiger partial charge in [-0.15, -0.1) is 0 Å². The Hall–Kier alpha value is -1.59. The number of hydrogen-bond donors (Lipinski definition) is 2. The average Bonchev–Trinajstić information content (AvgIpc) is 2.85. The molecule has 2 N–H and O–H groups in total. The van der Waals surface area contributed by atoms with E-state index in [1.807, 2.05) is 0 Å². The predicted molar refractivity (Wildman–Crippen MR) is 60.1 cm³/mol. The summed E-state index contributed by atoms with van der Waals surface area (Å²) in [4.78, 5) is 35.5. The molecule has 0 radical (unpaired) electrons. The molecule has 1 atom stereocenters. The van der Waals surface area contributed by atoms with Gasteiger partial charge in [-0.25, -0.2) is 4.79 Å². The monoisotopic (exact) mass is 239 g/mol. The Balaban J connectivity index is 1.82. The lowest BCUT2D eigenvalue weighted by molar-refractivity contribution is -0.137. The molecule has 2 rings (SSSR count).